The van der Waals surface area contributed by atoms with Crippen LogP contribution >= 0.6 is 0 Å². The summed E-state index contributed by atoms with van der Waals surface area (Å²) < 4.78 is 33.4. The molecule has 0 saturated heterocycles. The van der Waals surface area contributed by atoms with Gasteiger partial charge in [-0.3, -0.25) is 4.79 Å². The van der Waals surface area contributed by atoms with E-state index < -0.39 is 12.6 Å². The smallest absolute Gasteiger partial charge is 0.288 e. The molecule has 1 N–H and O–H groups in total. The lowest BCUT2D eigenvalue weighted by Gasteiger charge is -2.38. The van der Waals surface area contributed by atoms with Crippen molar-refractivity contribution in [2.45, 2.75) is 38.3 Å². The molecule has 9 nitrogen and oxygen atoms in total. The Hall–Kier alpha value is -2.33. The monoisotopic (exact) mass is 451 g/mol. The fraction of sp³-hybridized carbons (Fsp3) is 0.609. The molecule has 178 valence electrons. The Morgan fingerprint density at radius 1 is 1.25 bits per heavy atom. The lowest BCUT2D eigenvalue weighted by atomic mass is 9.80. The first-order valence-electron chi connectivity index (χ1n) is 10.8. The highest BCUT2D eigenvalue weighted by Crippen LogP contribution is 2.43. The number of methoxy groups -OCH3 is 2. The van der Waals surface area contributed by atoms with Crippen molar-refractivity contribution in [2.75, 3.05) is 47.8 Å². The van der Waals surface area contributed by atoms with Crippen molar-refractivity contribution in [3.8, 4) is 11.5 Å². The number of fused-ring (bicyclic) bond motifs is 1. The van der Waals surface area contributed by atoms with Gasteiger partial charge >= 0.3 is 0 Å². The van der Waals surface area contributed by atoms with E-state index in [-0.39, 0.29) is 43.4 Å². The predicted octanol–water partition coefficient (Wildman–Crippen LogP) is 2.24. The van der Waals surface area contributed by atoms with Gasteiger partial charge in [-0.05, 0) is 43.5 Å². The van der Waals surface area contributed by atoms with Crippen molar-refractivity contribution < 1.29 is 38.3 Å². The second-order valence-corrected chi connectivity index (χ2v) is 7.73. The van der Waals surface area contributed by atoms with Crippen LogP contribution in [0.2, 0.25) is 0 Å². The van der Waals surface area contributed by atoms with Gasteiger partial charge in [-0.15, -0.1) is 0 Å². The molecule has 0 aliphatic carbocycles. The number of allylic oxidation sites excluding steroid dienone is 1. The van der Waals surface area contributed by atoms with Crippen LogP contribution in [0.1, 0.15) is 31.2 Å². The molecule has 2 heterocycles. The zero-order chi connectivity index (χ0) is 23.1. The van der Waals surface area contributed by atoms with Gasteiger partial charge < -0.3 is 38.4 Å². The van der Waals surface area contributed by atoms with Crippen molar-refractivity contribution in [1.82, 2.24) is 4.90 Å². The minimum atomic E-state index is -0.625. The summed E-state index contributed by atoms with van der Waals surface area (Å²) >= 11 is 0. The van der Waals surface area contributed by atoms with Gasteiger partial charge in [0.25, 0.3) is 5.91 Å². The van der Waals surface area contributed by atoms with Crippen LogP contribution in [0.5, 0.6) is 11.5 Å². The standard InChI is InChI=1S/C23H33NO8/c1-5-29-23-16(7-6-10-25)17(15-8-9-18-19(11-15)31-14-30-18)12-20(32-23)22(26)24(2)13-21(27-3)28-4/h8-9,11-12,16-17,21,23,25H,5-7,10,13-14H2,1-4H3/t16-,17-,23-/m0/s1. The number of ether oxygens (including phenoxy) is 6. The molecule has 0 aromatic heterocycles. The number of hydrogen-bond donors (Lipinski definition) is 1. The number of benzene rings is 1. The lowest BCUT2D eigenvalue weighted by molar-refractivity contribution is -0.172. The van der Waals surface area contributed by atoms with Gasteiger partial charge in [0.15, 0.2) is 23.5 Å². The first-order chi connectivity index (χ1) is 15.5. The van der Waals surface area contributed by atoms with E-state index in [1.54, 1.807) is 7.05 Å². The van der Waals surface area contributed by atoms with E-state index in [1.807, 2.05) is 31.2 Å². The molecule has 0 bridgehead atoms. The maximum Gasteiger partial charge on any atom is 0.288 e. The first kappa shape index (κ1) is 24.3. The molecule has 3 rings (SSSR count). The topological polar surface area (TPSA) is 95.9 Å². The van der Waals surface area contributed by atoms with E-state index in [0.29, 0.717) is 30.9 Å². The van der Waals surface area contributed by atoms with Gasteiger partial charge in [0, 0.05) is 46.3 Å². The van der Waals surface area contributed by atoms with Crippen LogP contribution < -0.4 is 9.47 Å². The third-order valence-corrected chi connectivity index (χ3v) is 5.70. The van der Waals surface area contributed by atoms with Crippen molar-refractivity contribution in [3.05, 3.63) is 35.6 Å². The third kappa shape index (κ3) is 5.53. The van der Waals surface area contributed by atoms with E-state index in [4.69, 9.17) is 28.4 Å². The summed E-state index contributed by atoms with van der Waals surface area (Å²) in [5.41, 5.74) is 0.963. The summed E-state index contributed by atoms with van der Waals surface area (Å²) in [5.74, 6) is 1.02. The Morgan fingerprint density at radius 3 is 2.69 bits per heavy atom. The molecule has 2 aliphatic rings. The van der Waals surface area contributed by atoms with Crippen LogP contribution in [-0.4, -0.2) is 76.3 Å². The Bertz CT molecular complexity index is 794. The molecule has 0 radical (unpaired) electrons. The molecule has 32 heavy (non-hydrogen) atoms. The number of carbonyl (C=O) groups is 1. The van der Waals surface area contributed by atoms with E-state index in [1.165, 1.54) is 19.1 Å². The zero-order valence-electron chi connectivity index (χ0n) is 19.1. The Morgan fingerprint density at radius 2 is 2.00 bits per heavy atom. The minimum Gasteiger partial charge on any atom is -0.459 e. The second kappa shape index (κ2) is 11.5. The SMILES string of the molecule is CCO[C@H]1OC(C(=O)N(C)CC(OC)OC)=C[C@@H](c2ccc3c(c2)OCO3)[C@@H]1CCCO. The van der Waals surface area contributed by atoms with Crippen molar-refractivity contribution in [3.63, 3.8) is 0 Å². The highest BCUT2D eigenvalue weighted by Gasteiger charge is 2.39. The van der Waals surface area contributed by atoms with Crippen LogP contribution in [0.4, 0.5) is 0 Å². The number of aliphatic hydroxyl groups is 1. The average molecular weight is 452 g/mol. The van der Waals surface area contributed by atoms with Crippen LogP contribution in [0.25, 0.3) is 0 Å². The molecule has 1 amide bonds. The summed E-state index contributed by atoms with van der Waals surface area (Å²) in [6.45, 7) is 2.81. The quantitative estimate of drug-likeness (QED) is 0.512. The zero-order valence-corrected chi connectivity index (χ0v) is 19.1. The van der Waals surface area contributed by atoms with Gasteiger partial charge in [0.2, 0.25) is 13.1 Å². The van der Waals surface area contributed by atoms with Gasteiger partial charge in [-0.1, -0.05) is 6.07 Å². The van der Waals surface area contributed by atoms with Crippen LogP contribution in [0, 0.1) is 5.92 Å². The van der Waals surface area contributed by atoms with Crippen LogP contribution in [-0.2, 0) is 23.7 Å². The molecule has 9 heteroatoms. The van der Waals surface area contributed by atoms with E-state index >= 15 is 0 Å². The molecule has 0 saturated carbocycles. The molecule has 1 aromatic rings. The Kier molecular flexibility index (Phi) is 8.75. The van der Waals surface area contributed by atoms with Crippen molar-refractivity contribution >= 4 is 5.91 Å². The molecular formula is C23H33NO8. The summed E-state index contributed by atoms with van der Waals surface area (Å²) in [7, 11) is 4.71. The number of aliphatic hydroxyl groups excluding tert-OH is 1. The van der Waals surface area contributed by atoms with E-state index in [2.05, 4.69) is 0 Å². The van der Waals surface area contributed by atoms with Gasteiger partial charge in [-0.2, -0.15) is 0 Å². The lowest BCUT2D eigenvalue weighted by Crippen LogP contribution is -2.41. The van der Waals surface area contributed by atoms with Gasteiger partial charge in [0.1, 0.15) is 0 Å². The first-order valence-corrected chi connectivity index (χ1v) is 10.8. The molecule has 0 spiro atoms. The average Bonchev–Trinajstić information content (AvgIpc) is 3.28. The number of hydrogen-bond acceptors (Lipinski definition) is 8. The normalized spacial score (nSPS) is 21.9. The van der Waals surface area contributed by atoms with Gasteiger partial charge in [0.05, 0.1) is 6.54 Å². The third-order valence-electron chi connectivity index (χ3n) is 5.70. The molecule has 1 aromatic carbocycles. The highest BCUT2D eigenvalue weighted by molar-refractivity contribution is 5.91. The summed E-state index contributed by atoms with van der Waals surface area (Å²) in [6.07, 6.45) is 1.93. The minimum absolute atomic E-state index is 0.0663. The molecular weight excluding hydrogens is 418 g/mol. The van der Waals surface area contributed by atoms with Crippen molar-refractivity contribution in [2.24, 2.45) is 5.92 Å². The van der Waals surface area contributed by atoms with Gasteiger partial charge in [-0.25, -0.2) is 0 Å². The predicted molar refractivity (Wildman–Crippen MR) is 115 cm³/mol. The number of nitrogens with zero attached hydrogens (tertiary/aromatic N) is 1. The number of amides is 1. The molecule has 3 atom stereocenters. The Labute approximate surface area is 188 Å². The largest absolute Gasteiger partial charge is 0.459 e. The van der Waals surface area contributed by atoms with Crippen LogP contribution in [0.3, 0.4) is 0 Å². The summed E-state index contributed by atoms with van der Waals surface area (Å²) in [4.78, 5) is 14.7. The maximum absolute atomic E-state index is 13.2. The molecule has 0 fully saturated rings. The highest BCUT2D eigenvalue weighted by atomic mass is 16.7. The number of likely N-dealkylation sites (N-methyl/N-ethyl adjacent to an activating group) is 1. The summed E-state index contributed by atoms with van der Waals surface area (Å²) in [5, 5.41) is 9.42. The van der Waals surface area contributed by atoms with Crippen LogP contribution in [0.15, 0.2) is 30.0 Å². The fourth-order valence-electron chi connectivity index (χ4n) is 4.00. The summed E-state index contributed by atoms with van der Waals surface area (Å²) in [6, 6.07) is 5.77. The molecule has 2 aliphatic heterocycles. The Balaban J connectivity index is 1.93. The number of rotatable bonds is 11. The second-order valence-electron chi connectivity index (χ2n) is 7.73. The fourth-order valence-corrected chi connectivity index (χ4v) is 4.00. The van der Waals surface area contributed by atoms with Crippen molar-refractivity contribution in [1.29, 1.82) is 0 Å². The number of carbonyl (C=O) groups excluding carboxylic acids is 1. The van der Waals surface area contributed by atoms with E-state index in [9.17, 15) is 9.90 Å². The van der Waals surface area contributed by atoms with E-state index in [0.717, 1.165) is 5.56 Å². The maximum atomic E-state index is 13.2. The molecule has 0 unspecified atom stereocenters.